The second kappa shape index (κ2) is 35.4. The number of rotatable bonds is 30. The Morgan fingerprint density at radius 3 is 1.64 bits per heavy atom. The summed E-state index contributed by atoms with van der Waals surface area (Å²) in [6.45, 7) is 9.26. The topological polar surface area (TPSA) is 272 Å². The van der Waals surface area contributed by atoms with Gasteiger partial charge in [-0.2, -0.15) is 40.9 Å². The van der Waals surface area contributed by atoms with E-state index in [1.807, 2.05) is 6.92 Å². The van der Waals surface area contributed by atoms with E-state index in [4.69, 9.17) is 28.4 Å². The molecule has 1 unspecified atom stereocenters. The fourth-order valence-corrected chi connectivity index (χ4v) is 8.67. The van der Waals surface area contributed by atoms with Gasteiger partial charge in [0.15, 0.2) is 0 Å². The molecule has 0 saturated heterocycles. The van der Waals surface area contributed by atoms with Gasteiger partial charge in [0, 0.05) is 18.6 Å². The van der Waals surface area contributed by atoms with Crippen molar-refractivity contribution < 1.29 is 161 Å². The van der Waals surface area contributed by atoms with Crippen molar-refractivity contribution in [3.05, 3.63) is 169 Å². The molecule has 6 rings (SSSR count). The molecule has 30 heteroatoms. The summed E-state index contributed by atoms with van der Waals surface area (Å²) in [7, 11) is -5.40. The largest absolute Gasteiger partial charge is 1.00 e. The van der Waals surface area contributed by atoms with Gasteiger partial charge in [-0.1, -0.05) is 45.1 Å². The van der Waals surface area contributed by atoms with Gasteiger partial charge in [0.2, 0.25) is 6.29 Å². The molecule has 0 heterocycles. The number of carbonyl (C=O) groups excluding carboxylic acids is 4. The number of ether oxygens (including phenoxy) is 6. The van der Waals surface area contributed by atoms with Crippen molar-refractivity contribution in [1.82, 2.24) is 0 Å². The molecule has 20 nitrogen and oxygen atoms in total. The molecule has 6 aromatic carbocycles. The molecule has 0 bridgehead atoms. The molecule has 0 aliphatic carbocycles. The molecule has 0 amide bonds. The first-order valence-corrected chi connectivity index (χ1v) is 27.8. The molecule has 88 heavy (non-hydrogen) atoms. The van der Waals surface area contributed by atoms with Crippen molar-refractivity contribution in [1.29, 1.82) is 0 Å². The molecular formula is C58H50F6N4Na2O16S2. The SMILES string of the molecule is C=CC(=O)OCCCCCCOc1ccc(C(=O)Oc2ccc(N=Nc3ccc(-c4ccc(N=Nc5ccc(OC(=O)c6ccc(OC(CCCCC)OC(=O)C=C)cc6)c(C(F)(F)F)c5)c(SOO[O-])c4)cc3S(=O)(=O)[O-])cc2C(F)(F)F)cc1.[Na+].[Na+]. The summed E-state index contributed by atoms with van der Waals surface area (Å²) >= 11 is 0.253. The van der Waals surface area contributed by atoms with Crippen LogP contribution in [0.4, 0.5) is 49.1 Å². The third-order valence-corrected chi connectivity index (χ3v) is 13.3. The summed E-state index contributed by atoms with van der Waals surface area (Å²) < 4.78 is 160. The maximum absolute atomic E-state index is 14.4. The quantitative estimate of drug-likeness (QED) is 0.00332. The van der Waals surface area contributed by atoms with E-state index in [1.54, 1.807) is 0 Å². The van der Waals surface area contributed by atoms with Crippen LogP contribution in [0.3, 0.4) is 0 Å². The number of hydrogen-bond acceptors (Lipinski definition) is 21. The fourth-order valence-electron chi connectivity index (χ4n) is 7.56. The zero-order valence-corrected chi connectivity index (χ0v) is 52.8. The van der Waals surface area contributed by atoms with Crippen molar-refractivity contribution in [3.8, 4) is 34.1 Å². The van der Waals surface area contributed by atoms with Crippen molar-refractivity contribution >= 4 is 68.8 Å². The van der Waals surface area contributed by atoms with Gasteiger partial charge in [-0.15, -0.1) is 10.2 Å². The Hall–Kier alpha value is -6.80. The molecule has 0 aliphatic rings. The first-order chi connectivity index (χ1) is 41.0. The third kappa shape index (κ3) is 23.0. The Bertz CT molecular complexity index is 3560. The van der Waals surface area contributed by atoms with E-state index in [2.05, 4.69) is 43.0 Å². The van der Waals surface area contributed by atoms with Crippen LogP contribution in [0, 0.1) is 0 Å². The van der Waals surface area contributed by atoms with Gasteiger partial charge in [-0.3, -0.25) is 5.04 Å². The fraction of sp³-hybridized carbons (Fsp3) is 0.241. The Labute approximate surface area is 548 Å². The van der Waals surface area contributed by atoms with E-state index in [9.17, 15) is 63.7 Å². The first kappa shape index (κ1) is 73.7. The summed E-state index contributed by atoms with van der Waals surface area (Å²) in [6, 6.07) is 22.1. The number of halogens is 6. The minimum atomic E-state index is -5.40. The van der Waals surface area contributed by atoms with Crippen LogP contribution in [-0.4, -0.2) is 56.4 Å². The van der Waals surface area contributed by atoms with Crippen molar-refractivity contribution in [2.45, 2.75) is 86.7 Å². The van der Waals surface area contributed by atoms with Gasteiger partial charge in [0.1, 0.15) is 55.6 Å². The van der Waals surface area contributed by atoms with Crippen molar-refractivity contribution in [2.75, 3.05) is 13.2 Å². The van der Waals surface area contributed by atoms with Gasteiger partial charge in [-0.25, -0.2) is 27.6 Å². The Kier molecular flexibility index (Phi) is 29.6. The zero-order valence-electron chi connectivity index (χ0n) is 47.2. The molecule has 454 valence electrons. The number of esters is 4. The summed E-state index contributed by atoms with van der Waals surface area (Å²) in [5, 5.41) is 29.6. The number of azo groups is 2. The molecule has 6 aromatic rings. The average molecular weight is 1280 g/mol. The number of hydrogen-bond donors (Lipinski definition) is 0. The number of unbranched alkanes of at least 4 members (excludes halogenated alkanes) is 5. The van der Waals surface area contributed by atoms with Crippen molar-refractivity contribution in [2.24, 2.45) is 20.5 Å². The summed E-state index contributed by atoms with van der Waals surface area (Å²) in [6.07, 6.45) is -3.48. The normalized spacial score (nSPS) is 11.9. The first-order valence-electron chi connectivity index (χ1n) is 25.7. The van der Waals surface area contributed by atoms with E-state index in [0.717, 1.165) is 74.2 Å². The standard InChI is InChI=1S/C58H52F6N4O16S2.2Na/c1-4-7-10-13-54(82-53(70)6-3)79-43-24-16-37(17-25-43)56(72)81-48-28-20-40(34-44(48)57(59,60)61)65-67-46-26-18-38(32-50(46)85-84-83-73)39-19-27-47(51(33-39)86(74,75)76)68-66-41-21-29-49(45(35-41)58(62,63)64)80-55(71)36-14-22-42(23-15-36)77-30-11-8-9-12-31-78-52(69)5-2;;/h5-6,14-29,32-35,54,73H,2-4,7-13,30-31H2,1H3,(H,74,75,76);;/q;2*+1/p-2. The van der Waals surface area contributed by atoms with Crippen LogP contribution in [0.1, 0.15) is 90.1 Å². The van der Waals surface area contributed by atoms with E-state index in [0.29, 0.717) is 50.2 Å². The summed E-state index contributed by atoms with van der Waals surface area (Å²) in [5.41, 5.74) is -4.70. The minimum absolute atomic E-state index is 0. The number of alkyl halides is 6. The van der Waals surface area contributed by atoms with E-state index in [-0.39, 0.29) is 116 Å². The second-order valence-corrected chi connectivity index (χ2v) is 20.0. The van der Waals surface area contributed by atoms with Gasteiger partial charge >= 0.3 is 95.3 Å². The molecule has 0 saturated carbocycles. The zero-order chi connectivity index (χ0) is 62.4. The maximum atomic E-state index is 14.4. The maximum Gasteiger partial charge on any atom is 1.00 e. The van der Waals surface area contributed by atoms with Crippen LogP contribution in [-0.2, 0) is 50.9 Å². The van der Waals surface area contributed by atoms with E-state index < -0.39 is 97.2 Å². The number of carbonyl (C=O) groups is 4. The van der Waals surface area contributed by atoms with Crippen LogP contribution < -0.4 is 83.3 Å². The molecule has 0 fully saturated rings. The van der Waals surface area contributed by atoms with Gasteiger partial charge in [0.05, 0.1) is 57.5 Å². The Morgan fingerprint density at radius 2 is 1.12 bits per heavy atom. The molecule has 0 aromatic heterocycles. The van der Waals surface area contributed by atoms with Gasteiger partial charge in [0.25, 0.3) is 0 Å². The van der Waals surface area contributed by atoms with Crippen LogP contribution in [0.25, 0.3) is 11.1 Å². The second-order valence-electron chi connectivity index (χ2n) is 17.9. The van der Waals surface area contributed by atoms with Crippen LogP contribution in [0.2, 0.25) is 0 Å². The number of nitrogens with zero attached hydrogens (tertiary/aromatic N) is 4. The van der Waals surface area contributed by atoms with Gasteiger partial charge < -0.3 is 38.2 Å². The third-order valence-electron chi connectivity index (χ3n) is 11.8. The molecule has 0 aliphatic heterocycles. The summed E-state index contributed by atoms with van der Waals surface area (Å²) in [5.74, 6) is -4.75. The predicted molar refractivity (Wildman–Crippen MR) is 292 cm³/mol. The predicted octanol–water partition coefficient (Wildman–Crippen LogP) is 8.49. The summed E-state index contributed by atoms with van der Waals surface area (Å²) in [4.78, 5) is 47.8. The molecule has 0 N–H and O–H groups in total. The molecule has 0 spiro atoms. The minimum Gasteiger partial charge on any atom is -0.744 e. The van der Waals surface area contributed by atoms with Crippen LogP contribution in [0.15, 0.2) is 177 Å². The Balaban J connectivity index is 0.00000828. The van der Waals surface area contributed by atoms with E-state index in [1.165, 1.54) is 72.8 Å². The molecular weight excluding hydrogens is 1230 g/mol. The smallest absolute Gasteiger partial charge is 0.744 e. The number of benzene rings is 6. The molecule has 1 atom stereocenters. The van der Waals surface area contributed by atoms with Crippen molar-refractivity contribution in [3.63, 3.8) is 0 Å². The Morgan fingerprint density at radius 1 is 0.614 bits per heavy atom. The van der Waals surface area contributed by atoms with Gasteiger partial charge in [-0.05, 0) is 152 Å². The van der Waals surface area contributed by atoms with Crippen LogP contribution >= 0.6 is 12.0 Å². The monoisotopic (exact) mass is 1280 g/mol. The van der Waals surface area contributed by atoms with E-state index >= 15 is 0 Å². The average Bonchev–Trinajstić information content (AvgIpc) is 1.84. The van der Waals surface area contributed by atoms with Crippen LogP contribution in [0.5, 0.6) is 23.0 Å². The molecule has 0 radical (unpaired) electrons.